The molecule has 1 aliphatic rings. The number of benzene rings is 2. The maximum Gasteiger partial charge on any atom is 0.323 e. The van der Waals surface area contributed by atoms with E-state index in [4.69, 9.17) is 0 Å². The number of nitrogens with zero attached hydrogens (tertiary/aromatic N) is 1. The minimum absolute atomic E-state index is 0.247. The molecule has 1 fully saturated rings. The van der Waals surface area contributed by atoms with Crippen LogP contribution in [0, 0.1) is 11.6 Å². The number of aromatic amines is 2. The summed E-state index contributed by atoms with van der Waals surface area (Å²) in [5.74, 6) is -1.18. The molecule has 0 bridgehead atoms. The molecule has 4 rings (SSSR count). The molecule has 0 saturated carbocycles. The van der Waals surface area contributed by atoms with Crippen LogP contribution in [0.2, 0.25) is 0 Å². The lowest BCUT2D eigenvalue weighted by molar-refractivity contribution is 0.192. The lowest BCUT2D eigenvalue weighted by Gasteiger charge is -2.33. The molecule has 2 amide bonds. The van der Waals surface area contributed by atoms with Crippen LogP contribution in [-0.2, 0) is 0 Å². The quantitative estimate of drug-likeness (QED) is 0.643. The van der Waals surface area contributed by atoms with Crippen LogP contribution in [-0.4, -0.2) is 34.0 Å². The van der Waals surface area contributed by atoms with Crippen LogP contribution in [0.4, 0.5) is 19.3 Å². The highest BCUT2D eigenvalue weighted by Gasteiger charge is 2.27. The van der Waals surface area contributed by atoms with Crippen LogP contribution < -0.4 is 11.0 Å². The third-order valence-electron chi connectivity index (χ3n) is 4.87. The average molecular weight is 372 g/mol. The largest absolute Gasteiger partial charge is 0.324 e. The summed E-state index contributed by atoms with van der Waals surface area (Å²) >= 11 is 0. The molecule has 6 nitrogen and oxygen atoms in total. The Balaban J connectivity index is 1.49. The van der Waals surface area contributed by atoms with E-state index >= 15 is 0 Å². The first-order valence-corrected chi connectivity index (χ1v) is 8.72. The van der Waals surface area contributed by atoms with Gasteiger partial charge in [-0.2, -0.15) is 0 Å². The van der Waals surface area contributed by atoms with Gasteiger partial charge in [-0.05, 0) is 54.8 Å². The third kappa shape index (κ3) is 3.55. The van der Waals surface area contributed by atoms with E-state index in [0.717, 1.165) is 12.1 Å². The van der Waals surface area contributed by atoms with Crippen LogP contribution >= 0.6 is 0 Å². The number of nitrogens with one attached hydrogen (secondary N) is 3. The highest BCUT2D eigenvalue weighted by atomic mass is 19.1. The Morgan fingerprint density at radius 1 is 1.11 bits per heavy atom. The van der Waals surface area contributed by atoms with Crippen molar-refractivity contribution >= 4 is 22.8 Å². The maximum atomic E-state index is 14.1. The van der Waals surface area contributed by atoms with Gasteiger partial charge < -0.3 is 20.2 Å². The molecule has 0 radical (unpaired) electrons. The standard InChI is InChI=1S/C19H18F2N4O2/c20-12-3-5-15(21)14(8-12)11-2-1-7-25(10-11)19(27)22-13-4-6-16-17(9-13)24-18(26)23-16/h3-6,8-9,11H,1-2,7,10H2,(H,22,27)(H2,23,24,26). The molecular formula is C19H18F2N4O2. The van der Waals surface area contributed by atoms with Crippen molar-refractivity contribution in [3.8, 4) is 0 Å². The number of carbonyl (C=O) groups excluding carboxylic acids is 1. The van der Waals surface area contributed by atoms with Crippen molar-refractivity contribution in [3.05, 3.63) is 64.1 Å². The van der Waals surface area contributed by atoms with Crippen molar-refractivity contribution in [2.45, 2.75) is 18.8 Å². The average Bonchev–Trinajstić information content (AvgIpc) is 3.03. The summed E-state index contributed by atoms with van der Waals surface area (Å²) in [5.41, 5.74) is 1.78. The van der Waals surface area contributed by atoms with Gasteiger partial charge in [-0.1, -0.05) is 0 Å². The van der Waals surface area contributed by atoms with Crippen LogP contribution in [0.25, 0.3) is 11.0 Å². The summed E-state index contributed by atoms with van der Waals surface area (Å²) < 4.78 is 27.5. The summed E-state index contributed by atoms with van der Waals surface area (Å²) in [5, 5.41) is 2.79. The van der Waals surface area contributed by atoms with Crippen molar-refractivity contribution in [3.63, 3.8) is 0 Å². The van der Waals surface area contributed by atoms with Crippen molar-refractivity contribution in [2.24, 2.45) is 0 Å². The minimum Gasteiger partial charge on any atom is -0.324 e. The van der Waals surface area contributed by atoms with Crippen molar-refractivity contribution in [1.29, 1.82) is 0 Å². The number of urea groups is 1. The van der Waals surface area contributed by atoms with E-state index in [1.54, 1.807) is 23.1 Å². The SMILES string of the molecule is O=C(Nc1ccc2[nH]c(=O)[nH]c2c1)N1CCCC(c2cc(F)ccc2F)C1. The molecule has 0 aliphatic carbocycles. The Bertz CT molecular complexity index is 1060. The van der Waals surface area contributed by atoms with Gasteiger partial charge in [-0.3, -0.25) is 0 Å². The van der Waals surface area contributed by atoms with Gasteiger partial charge >= 0.3 is 11.7 Å². The van der Waals surface area contributed by atoms with E-state index in [1.807, 2.05) is 0 Å². The van der Waals surface area contributed by atoms with Gasteiger partial charge in [0.25, 0.3) is 0 Å². The predicted octanol–water partition coefficient (Wildman–Crippen LogP) is 3.55. The Kier molecular flexibility index (Phi) is 4.39. The molecule has 2 heterocycles. The number of likely N-dealkylation sites (tertiary alicyclic amines) is 1. The second kappa shape index (κ2) is 6.86. The van der Waals surface area contributed by atoms with Gasteiger partial charge in [0.15, 0.2) is 0 Å². The molecule has 1 aromatic heterocycles. The highest BCUT2D eigenvalue weighted by Crippen LogP contribution is 2.29. The zero-order valence-electron chi connectivity index (χ0n) is 14.4. The first kappa shape index (κ1) is 17.3. The molecule has 1 saturated heterocycles. The predicted molar refractivity (Wildman–Crippen MR) is 97.8 cm³/mol. The topological polar surface area (TPSA) is 81.0 Å². The van der Waals surface area contributed by atoms with Gasteiger partial charge in [0.05, 0.1) is 11.0 Å². The monoisotopic (exact) mass is 372 g/mol. The number of hydrogen-bond acceptors (Lipinski definition) is 2. The Hall–Kier alpha value is -3.16. The van der Waals surface area contributed by atoms with E-state index in [2.05, 4.69) is 15.3 Å². The molecule has 1 unspecified atom stereocenters. The maximum absolute atomic E-state index is 14.1. The second-order valence-electron chi connectivity index (χ2n) is 6.72. The number of amides is 2. The molecule has 0 spiro atoms. The number of anilines is 1. The van der Waals surface area contributed by atoms with E-state index in [0.29, 0.717) is 48.2 Å². The molecule has 3 aromatic rings. The molecule has 3 N–H and O–H groups in total. The summed E-state index contributed by atoms with van der Waals surface area (Å²) in [7, 11) is 0. The number of halogens is 2. The zero-order chi connectivity index (χ0) is 19.0. The fraction of sp³-hybridized carbons (Fsp3) is 0.263. The lowest BCUT2D eigenvalue weighted by Crippen LogP contribution is -2.41. The van der Waals surface area contributed by atoms with Crippen molar-refractivity contribution in [2.75, 3.05) is 18.4 Å². The zero-order valence-corrected chi connectivity index (χ0v) is 14.4. The second-order valence-corrected chi connectivity index (χ2v) is 6.72. The number of rotatable bonds is 2. The number of aromatic nitrogens is 2. The van der Waals surface area contributed by atoms with Crippen molar-refractivity contribution < 1.29 is 13.6 Å². The number of fused-ring (bicyclic) bond motifs is 1. The number of hydrogen-bond donors (Lipinski definition) is 3. The van der Waals surface area contributed by atoms with Gasteiger partial charge in [0, 0.05) is 24.7 Å². The summed E-state index contributed by atoms with van der Waals surface area (Å²) in [4.78, 5) is 30.8. The van der Waals surface area contributed by atoms with Crippen LogP contribution in [0.5, 0.6) is 0 Å². The minimum atomic E-state index is -0.484. The van der Waals surface area contributed by atoms with Gasteiger partial charge in [0.2, 0.25) is 0 Å². The van der Waals surface area contributed by atoms with Crippen LogP contribution in [0.3, 0.4) is 0 Å². The number of H-pyrrole nitrogens is 2. The van der Waals surface area contributed by atoms with E-state index in [-0.39, 0.29) is 17.6 Å². The van der Waals surface area contributed by atoms with E-state index < -0.39 is 11.6 Å². The van der Waals surface area contributed by atoms with E-state index in [1.165, 1.54) is 6.07 Å². The van der Waals surface area contributed by atoms with Crippen molar-refractivity contribution in [1.82, 2.24) is 14.9 Å². The Labute approximate surface area is 153 Å². The molecule has 27 heavy (non-hydrogen) atoms. The third-order valence-corrected chi connectivity index (χ3v) is 4.87. The molecular weight excluding hydrogens is 354 g/mol. The normalized spacial score (nSPS) is 17.3. The number of carbonyl (C=O) groups is 1. The summed E-state index contributed by atoms with van der Waals surface area (Å²) in [6.45, 7) is 0.859. The van der Waals surface area contributed by atoms with Crippen LogP contribution in [0.1, 0.15) is 24.3 Å². The Morgan fingerprint density at radius 2 is 1.93 bits per heavy atom. The molecule has 1 atom stereocenters. The van der Waals surface area contributed by atoms with Gasteiger partial charge in [0.1, 0.15) is 11.6 Å². The highest BCUT2D eigenvalue weighted by molar-refractivity contribution is 5.92. The summed E-state index contributed by atoms with van der Waals surface area (Å²) in [6, 6.07) is 8.16. The van der Waals surface area contributed by atoms with Crippen LogP contribution in [0.15, 0.2) is 41.2 Å². The fourth-order valence-electron chi connectivity index (χ4n) is 3.56. The summed E-state index contributed by atoms with van der Waals surface area (Å²) in [6.07, 6.45) is 1.40. The van der Waals surface area contributed by atoms with E-state index in [9.17, 15) is 18.4 Å². The fourth-order valence-corrected chi connectivity index (χ4v) is 3.56. The first-order valence-electron chi connectivity index (χ1n) is 8.72. The smallest absolute Gasteiger partial charge is 0.323 e. The Morgan fingerprint density at radius 3 is 2.78 bits per heavy atom. The molecule has 1 aliphatic heterocycles. The van der Waals surface area contributed by atoms with Gasteiger partial charge in [-0.15, -0.1) is 0 Å². The first-order chi connectivity index (χ1) is 13.0. The number of imidazole rings is 1. The molecule has 8 heteroatoms. The molecule has 2 aromatic carbocycles. The number of piperidine rings is 1. The lowest BCUT2D eigenvalue weighted by atomic mass is 9.90. The molecule has 140 valence electrons. The van der Waals surface area contributed by atoms with Gasteiger partial charge in [-0.25, -0.2) is 18.4 Å².